The highest BCUT2D eigenvalue weighted by atomic mass is 16.5. The molecular weight excluding hydrogens is 428 g/mol. The Morgan fingerprint density at radius 3 is 2.62 bits per heavy atom. The molecule has 0 spiro atoms. The number of benzene rings is 1. The first kappa shape index (κ1) is 23.4. The zero-order valence-electron chi connectivity index (χ0n) is 20.8. The van der Waals surface area contributed by atoms with Gasteiger partial charge in [0.15, 0.2) is 11.6 Å². The van der Waals surface area contributed by atoms with Crippen molar-refractivity contribution in [3.05, 3.63) is 42.5 Å². The fourth-order valence-corrected chi connectivity index (χ4v) is 3.46. The fraction of sp³-hybridized carbons (Fsp3) is 0.400. The van der Waals surface area contributed by atoms with Crippen LogP contribution in [-0.2, 0) is 7.05 Å². The van der Waals surface area contributed by atoms with Gasteiger partial charge in [0, 0.05) is 35.9 Å². The smallest absolute Gasteiger partial charge is 0.227 e. The Kier molecular flexibility index (Phi) is 6.37. The second-order valence-electron chi connectivity index (χ2n) is 9.51. The summed E-state index contributed by atoms with van der Waals surface area (Å²) in [5.74, 6) is 2.68. The summed E-state index contributed by atoms with van der Waals surface area (Å²) in [6.45, 7) is 13.2. The molecule has 0 aliphatic rings. The molecule has 0 aliphatic carbocycles. The van der Waals surface area contributed by atoms with Crippen LogP contribution in [0.15, 0.2) is 36.8 Å². The van der Waals surface area contributed by atoms with E-state index < -0.39 is 0 Å². The molecular formula is C25H32N8O. The van der Waals surface area contributed by atoms with Crippen LogP contribution in [0.5, 0.6) is 5.75 Å². The van der Waals surface area contributed by atoms with E-state index >= 15 is 0 Å². The molecule has 1 unspecified atom stereocenters. The molecule has 1 aromatic carbocycles. The van der Waals surface area contributed by atoms with Crippen molar-refractivity contribution in [3.8, 4) is 17.1 Å². The van der Waals surface area contributed by atoms with Crippen molar-refractivity contribution < 1.29 is 4.74 Å². The maximum Gasteiger partial charge on any atom is 0.227 e. The molecule has 34 heavy (non-hydrogen) atoms. The number of nitrogens with one attached hydrogen (secondary N) is 2. The van der Waals surface area contributed by atoms with E-state index in [1.54, 1.807) is 6.33 Å². The number of anilines is 3. The van der Waals surface area contributed by atoms with E-state index in [0.29, 0.717) is 18.3 Å². The number of pyridine rings is 1. The molecule has 4 rings (SSSR count). The zero-order chi connectivity index (χ0) is 24.5. The third-order valence-electron chi connectivity index (χ3n) is 5.84. The minimum Gasteiger partial charge on any atom is -0.492 e. The van der Waals surface area contributed by atoms with Crippen LogP contribution in [-0.4, -0.2) is 42.4 Å². The Balaban J connectivity index is 1.70. The number of hydrogen-bond donors (Lipinski definition) is 2. The van der Waals surface area contributed by atoms with Gasteiger partial charge in [-0.2, -0.15) is 0 Å². The summed E-state index contributed by atoms with van der Waals surface area (Å²) in [7, 11) is 1.91. The number of nitrogens with zero attached hydrogens (tertiary/aromatic N) is 6. The topological polar surface area (TPSA) is 103 Å². The van der Waals surface area contributed by atoms with Gasteiger partial charge >= 0.3 is 0 Å². The number of aryl methyl sites for hydroxylation is 2. The molecule has 0 saturated carbocycles. The molecule has 0 radical (unpaired) electrons. The third-order valence-corrected chi connectivity index (χ3v) is 5.84. The van der Waals surface area contributed by atoms with Gasteiger partial charge in [-0.3, -0.25) is 0 Å². The van der Waals surface area contributed by atoms with E-state index in [2.05, 4.69) is 53.5 Å². The summed E-state index contributed by atoms with van der Waals surface area (Å²) in [4.78, 5) is 14.1. The molecule has 0 bridgehead atoms. The van der Waals surface area contributed by atoms with Crippen LogP contribution in [0.1, 0.15) is 40.3 Å². The van der Waals surface area contributed by atoms with Crippen molar-refractivity contribution in [1.29, 1.82) is 0 Å². The lowest BCUT2D eigenvalue weighted by Crippen LogP contribution is -2.31. The monoisotopic (exact) mass is 460 g/mol. The summed E-state index contributed by atoms with van der Waals surface area (Å²) in [6.07, 6.45) is 3.49. The van der Waals surface area contributed by atoms with Crippen LogP contribution in [0.3, 0.4) is 0 Å². The standard InChI is InChI=1S/C25H32N8O/c1-8-34-20-12-17(23-32-27-14-33(23)7)9-10-19(20)30-24-26-13-18-11-15(2)28-22(21(18)31-24)29-16(3)25(4,5)6/h9-14,16H,8H2,1-7H3,(H,28,29)(H,26,30,31). The van der Waals surface area contributed by atoms with Crippen LogP contribution >= 0.6 is 0 Å². The quantitative estimate of drug-likeness (QED) is 0.392. The number of ether oxygens (including phenoxy) is 1. The largest absolute Gasteiger partial charge is 0.492 e. The summed E-state index contributed by atoms with van der Waals surface area (Å²) in [6, 6.07) is 8.05. The highest BCUT2D eigenvalue weighted by molar-refractivity contribution is 5.89. The summed E-state index contributed by atoms with van der Waals surface area (Å²) in [5, 5.41) is 16.0. The lowest BCUT2D eigenvalue weighted by atomic mass is 9.88. The average Bonchev–Trinajstić information content (AvgIpc) is 3.20. The van der Waals surface area contributed by atoms with Crippen molar-refractivity contribution in [2.24, 2.45) is 12.5 Å². The Labute approximate surface area is 200 Å². The van der Waals surface area contributed by atoms with E-state index in [0.717, 1.165) is 39.5 Å². The lowest BCUT2D eigenvalue weighted by molar-refractivity contribution is 0.342. The molecule has 0 amide bonds. The molecule has 9 nitrogen and oxygen atoms in total. The van der Waals surface area contributed by atoms with E-state index in [4.69, 9.17) is 14.7 Å². The molecule has 3 aromatic heterocycles. The number of hydrogen-bond acceptors (Lipinski definition) is 8. The van der Waals surface area contributed by atoms with E-state index in [-0.39, 0.29) is 11.5 Å². The summed E-state index contributed by atoms with van der Waals surface area (Å²) >= 11 is 0. The Morgan fingerprint density at radius 1 is 1.15 bits per heavy atom. The van der Waals surface area contributed by atoms with Gasteiger partial charge in [0.25, 0.3) is 0 Å². The van der Waals surface area contributed by atoms with Crippen molar-refractivity contribution in [1.82, 2.24) is 29.7 Å². The van der Waals surface area contributed by atoms with Crippen molar-refractivity contribution in [2.75, 3.05) is 17.2 Å². The molecule has 178 valence electrons. The van der Waals surface area contributed by atoms with Crippen LogP contribution in [0.2, 0.25) is 0 Å². The summed E-state index contributed by atoms with van der Waals surface area (Å²) in [5.41, 5.74) is 3.44. The minimum absolute atomic E-state index is 0.0721. The SMILES string of the molecule is CCOc1cc(-c2nncn2C)ccc1Nc1ncc2cc(C)nc(NC(C)C(C)(C)C)c2n1. The Bertz CT molecular complexity index is 1310. The van der Waals surface area contributed by atoms with Gasteiger partial charge in [0.05, 0.1) is 12.3 Å². The highest BCUT2D eigenvalue weighted by Crippen LogP contribution is 2.33. The van der Waals surface area contributed by atoms with Crippen LogP contribution in [0.4, 0.5) is 17.5 Å². The van der Waals surface area contributed by atoms with Gasteiger partial charge < -0.3 is 19.9 Å². The maximum atomic E-state index is 5.90. The maximum absolute atomic E-state index is 5.90. The molecule has 9 heteroatoms. The lowest BCUT2D eigenvalue weighted by Gasteiger charge is -2.29. The predicted molar refractivity (Wildman–Crippen MR) is 136 cm³/mol. The van der Waals surface area contributed by atoms with E-state index in [9.17, 15) is 0 Å². The van der Waals surface area contributed by atoms with Gasteiger partial charge in [-0.1, -0.05) is 20.8 Å². The van der Waals surface area contributed by atoms with Crippen LogP contribution in [0, 0.1) is 12.3 Å². The van der Waals surface area contributed by atoms with E-state index in [1.165, 1.54) is 0 Å². The summed E-state index contributed by atoms with van der Waals surface area (Å²) < 4.78 is 7.77. The molecule has 0 saturated heterocycles. The number of rotatable bonds is 7. The second kappa shape index (κ2) is 9.24. The first-order valence-corrected chi connectivity index (χ1v) is 11.4. The van der Waals surface area contributed by atoms with Crippen LogP contribution in [0.25, 0.3) is 22.3 Å². The molecule has 2 N–H and O–H groups in total. The highest BCUT2D eigenvalue weighted by Gasteiger charge is 2.22. The number of aromatic nitrogens is 6. The van der Waals surface area contributed by atoms with Crippen molar-refractivity contribution in [3.63, 3.8) is 0 Å². The van der Waals surface area contributed by atoms with Crippen molar-refractivity contribution in [2.45, 2.75) is 47.6 Å². The molecule has 1 atom stereocenters. The van der Waals surface area contributed by atoms with Crippen molar-refractivity contribution >= 4 is 28.4 Å². The average molecular weight is 461 g/mol. The van der Waals surface area contributed by atoms with Gasteiger partial charge in [-0.25, -0.2) is 15.0 Å². The Morgan fingerprint density at radius 2 is 1.94 bits per heavy atom. The van der Waals surface area contributed by atoms with Gasteiger partial charge in [0.2, 0.25) is 5.95 Å². The van der Waals surface area contributed by atoms with E-state index in [1.807, 2.05) is 55.9 Å². The first-order valence-electron chi connectivity index (χ1n) is 11.4. The van der Waals surface area contributed by atoms with Gasteiger partial charge in [-0.05, 0) is 50.5 Å². The van der Waals surface area contributed by atoms with Gasteiger partial charge in [-0.15, -0.1) is 10.2 Å². The molecule has 0 aliphatic heterocycles. The second-order valence-corrected chi connectivity index (χ2v) is 9.51. The minimum atomic E-state index is 0.0721. The first-order chi connectivity index (χ1) is 16.2. The molecule has 4 aromatic rings. The van der Waals surface area contributed by atoms with Gasteiger partial charge in [0.1, 0.15) is 17.6 Å². The fourth-order valence-electron chi connectivity index (χ4n) is 3.46. The molecule has 3 heterocycles. The van der Waals surface area contributed by atoms with Crippen LogP contribution < -0.4 is 15.4 Å². The zero-order valence-corrected chi connectivity index (χ0v) is 20.8. The number of fused-ring (bicyclic) bond motifs is 1. The Hall–Kier alpha value is -3.75. The third kappa shape index (κ3) is 4.93. The predicted octanol–water partition coefficient (Wildman–Crippen LogP) is 5.12. The normalized spacial score (nSPS) is 12.6. The molecule has 0 fully saturated rings.